The zero-order valence-electron chi connectivity index (χ0n) is 18.0. The summed E-state index contributed by atoms with van der Waals surface area (Å²) in [6.07, 6.45) is 2.33. The van der Waals surface area contributed by atoms with Gasteiger partial charge in [0.1, 0.15) is 5.82 Å². The van der Waals surface area contributed by atoms with Crippen molar-refractivity contribution in [1.82, 2.24) is 20.5 Å². The Morgan fingerprint density at radius 1 is 1.20 bits per heavy atom. The standard InChI is InChI=1S/C22H31N5O2S/c1-4-23-22(29)19-20-16(30-21(19)15-5-6-15)7-8-17(25-20)27-11-9-26(10-12-27)13-18(28)24-14(2)3/h7-8,14-15H,4-6,9-13H2,1-3H3,(H,23,29)(H,24,28). The topological polar surface area (TPSA) is 77.6 Å². The number of hydrogen-bond donors (Lipinski definition) is 2. The van der Waals surface area contributed by atoms with Gasteiger partial charge in [-0.2, -0.15) is 0 Å². The van der Waals surface area contributed by atoms with Gasteiger partial charge in [-0.3, -0.25) is 14.5 Å². The van der Waals surface area contributed by atoms with Gasteiger partial charge in [0.05, 0.1) is 22.3 Å². The number of thiophene rings is 1. The molecule has 162 valence electrons. The second kappa shape index (κ2) is 8.89. The second-order valence-corrected chi connectivity index (χ2v) is 9.56. The minimum absolute atomic E-state index is 0.00344. The number of amides is 2. The third-order valence-corrected chi connectivity index (χ3v) is 6.88. The Kier molecular flexibility index (Phi) is 6.24. The van der Waals surface area contributed by atoms with E-state index in [0.717, 1.165) is 47.8 Å². The van der Waals surface area contributed by atoms with Crippen molar-refractivity contribution in [3.05, 3.63) is 22.6 Å². The molecule has 2 aliphatic rings. The fourth-order valence-corrected chi connectivity index (χ4v) is 5.28. The lowest BCUT2D eigenvalue weighted by atomic mass is 10.1. The lowest BCUT2D eigenvalue weighted by Gasteiger charge is -2.35. The van der Waals surface area contributed by atoms with Crippen LogP contribution in [0.5, 0.6) is 0 Å². The van der Waals surface area contributed by atoms with Crippen LogP contribution in [-0.2, 0) is 4.79 Å². The quantitative estimate of drug-likeness (QED) is 0.707. The Bertz CT molecular complexity index is 929. The Labute approximate surface area is 181 Å². The molecule has 1 aliphatic heterocycles. The summed E-state index contributed by atoms with van der Waals surface area (Å²) in [5, 5.41) is 5.92. The minimum Gasteiger partial charge on any atom is -0.354 e. The van der Waals surface area contributed by atoms with Gasteiger partial charge in [0.15, 0.2) is 0 Å². The molecule has 1 saturated heterocycles. The molecule has 0 atom stereocenters. The highest BCUT2D eigenvalue weighted by atomic mass is 32.1. The van der Waals surface area contributed by atoms with E-state index in [4.69, 9.17) is 4.98 Å². The smallest absolute Gasteiger partial charge is 0.254 e. The van der Waals surface area contributed by atoms with E-state index in [1.807, 2.05) is 20.8 Å². The zero-order valence-corrected chi connectivity index (χ0v) is 18.8. The first kappa shape index (κ1) is 21.1. The first-order valence-electron chi connectivity index (χ1n) is 10.9. The minimum atomic E-state index is -0.00344. The molecule has 0 spiro atoms. The van der Waals surface area contributed by atoms with E-state index in [1.54, 1.807) is 11.3 Å². The molecule has 7 nitrogen and oxygen atoms in total. The number of rotatable bonds is 7. The van der Waals surface area contributed by atoms with Crippen LogP contribution in [0.2, 0.25) is 0 Å². The van der Waals surface area contributed by atoms with E-state index in [1.165, 1.54) is 17.7 Å². The van der Waals surface area contributed by atoms with Crippen LogP contribution in [-0.4, -0.2) is 67.0 Å². The maximum Gasteiger partial charge on any atom is 0.254 e. The van der Waals surface area contributed by atoms with Crippen LogP contribution in [0.3, 0.4) is 0 Å². The third-order valence-electron chi connectivity index (χ3n) is 5.57. The molecule has 4 rings (SSSR count). The van der Waals surface area contributed by atoms with Crippen LogP contribution in [0.4, 0.5) is 5.82 Å². The van der Waals surface area contributed by atoms with Gasteiger partial charge < -0.3 is 15.5 Å². The van der Waals surface area contributed by atoms with Gasteiger partial charge in [0, 0.05) is 43.6 Å². The van der Waals surface area contributed by atoms with E-state index >= 15 is 0 Å². The van der Waals surface area contributed by atoms with E-state index in [0.29, 0.717) is 19.0 Å². The van der Waals surface area contributed by atoms with Gasteiger partial charge in [-0.1, -0.05) is 0 Å². The van der Waals surface area contributed by atoms with Crippen molar-refractivity contribution in [2.75, 3.05) is 44.2 Å². The number of fused-ring (bicyclic) bond motifs is 1. The average Bonchev–Trinajstić information content (AvgIpc) is 3.48. The van der Waals surface area contributed by atoms with Crippen molar-refractivity contribution in [3.63, 3.8) is 0 Å². The first-order chi connectivity index (χ1) is 14.5. The second-order valence-electron chi connectivity index (χ2n) is 8.48. The fourth-order valence-electron chi connectivity index (χ4n) is 3.97. The van der Waals surface area contributed by atoms with Crippen molar-refractivity contribution in [2.45, 2.75) is 45.6 Å². The highest BCUT2D eigenvalue weighted by molar-refractivity contribution is 7.19. The molecular weight excluding hydrogens is 398 g/mol. The molecule has 1 saturated carbocycles. The molecule has 8 heteroatoms. The molecule has 2 fully saturated rings. The summed E-state index contributed by atoms with van der Waals surface area (Å²) >= 11 is 1.72. The number of pyridine rings is 1. The van der Waals surface area contributed by atoms with Gasteiger partial charge in [-0.25, -0.2) is 4.98 Å². The lowest BCUT2D eigenvalue weighted by molar-refractivity contribution is -0.122. The molecule has 0 unspecified atom stereocenters. The fraction of sp³-hybridized carbons (Fsp3) is 0.591. The van der Waals surface area contributed by atoms with Crippen LogP contribution in [0.25, 0.3) is 10.2 Å². The van der Waals surface area contributed by atoms with Crippen LogP contribution < -0.4 is 15.5 Å². The maximum absolute atomic E-state index is 12.8. The van der Waals surface area contributed by atoms with E-state index < -0.39 is 0 Å². The van der Waals surface area contributed by atoms with E-state index in [9.17, 15) is 9.59 Å². The van der Waals surface area contributed by atoms with Crippen LogP contribution >= 0.6 is 11.3 Å². The summed E-state index contributed by atoms with van der Waals surface area (Å²) in [5.74, 6) is 1.51. The molecule has 3 heterocycles. The van der Waals surface area contributed by atoms with Crippen molar-refractivity contribution < 1.29 is 9.59 Å². The van der Waals surface area contributed by atoms with E-state index in [-0.39, 0.29) is 17.9 Å². The number of hydrogen-bond acceptors (Lipinski definition) is 6. The number of carbonyl (C=O) groups excluding carboxylic acids is 2. The van der Waals surface area contributed by atoms with Crippen LogP contribution in [0.15, 0.2) is 12.1 Å². The largest absolute Gasteiger partial charge is 0.354 e. The number of aromatic nitrogens is 1. The molecule has 2 aromatic rings. The Morgan fingerprint density at radius 3 is 2.57 bits per heavy atom. The monoisotopic (exact) mass is 429 g/mol. The van der Waals surface area contributed by atoms with Gasteiger partial charge in [-0.05, 0) is 51.7 Å². The highest BCUT2D eigenvalue weighted by Gasteiger charge is 2.32. The third kappa shape index (κ3) is 4.59. The van der Waals surface area contributed by atoms with Gasteiger partial charge in [0.25, 0.3) is 5.91 Å². The molecule has 2 N–H and O–H groups in total. The Balaban J connectivity index is 1.49. The van der Waals surface area contributed by atoms with E-state index in [2.05, 4.69) is 32.6 Å². The predicted molar refractivity (Wildman–Crippen MR) is 122 cm³/mol. The van der Waals surface area contributed by atoms with Crippen molar-refractivity contribution in [3.8, 4) is 0 Å². The molecule has 30 heavy (non-hydrogen) atoms. The summed E-state index contributed by atoms with van der Waals surface area (Å²) in [7, 11) is 0. The van der Waals surface area contributed by atoms with Crippen LogP contribution in [0, 0.1) is 0 Å². The zero-order chi connectivity index (χ0) is 21.3. The summed E-state index contributed by atoms with van der Waals surface area (Å²) in [4.78, 5) is 35.4. The van der Waals surface area contributed by atoms with Crippen molar-refractivity contribution in [1.29, 1.82) is 0 Å². The Hall–Kier alpha value is -2.19. The number of piperazine rings is 1. The summed E-state index contributed by atoms with van der Waals surface area (Å²) < 4.78 is 1.09. The number of anilines is 1. The molecule has 2 amide bonds. The number of carbonyl (C=O) groups is 2. The molecular formula is C22H31N5O2S. The molecule has 0 radical (unpaired) electrons. The van der Waals surface area contributed by atoms with Crippen LogP contribution in [0.1, 0.15) is 54.8 Å². The van der Waals surface area contributed by atoms with Gasteiger partial charge >= 0.3 is 0 Å². The summed E-state index contributed by atoms with van der Waals surface area (Å²) in [5.41, 5.74) is 1.62. The first-order valence-corrected chi connectivity index (χ1v) is 11.8. The Morgan fingerprint density at radius 2 is 1.93 bits per heavy atom. The molecule has 0 bridgehead atoms. The van der Waals surface area contributed by atoms with Crippen molar-refractivity contribution in [2.24, 2.45) is 0 Å². The number of nitrogens with zero attached hydrogens (tertiary/aromatic N) is 3. The summed E-state index contributed by atoms with van der Waals surface area (Å²) in [6, 6.07) is 4.34. The SMILES string of the molecule is CCNC(=O)c1c(C2CC2)sc2ccc(N3CCN(CC(=O)NC(C)C)CC3)nc12. The molecule has 2 aromatic heterocycles. The maximum atomic E-state index is 12.8. The average molecular weight is 430 g/mol. The number of nitrogens with one attached hydrogen (secondary N) is 2. The molecule has 0 aromatic carbocycles. The predicted octanol–water partition coefficient (Wildman–Crippen LogP) is 2.57. The van der Waals surface area contributed by atoms with Crippen molar-refractivity contribution >= 4 is 39.2 Å². The highest BCUT2D eigenvalue weighted by Crippen LogP contribution is 2.47. The molecule has 1 aliphatic carbocycles. The normalized spacial score (nSPS) is 17.5. The lowest BCUT2D eigenvalue weighted by Crippen LogP contribution is -2.50. The summed E-state index contributed by atoms with van der Waals surface area (Å²) in [6.45, 7) is 10.3. The van der Waals surface area contributed by atoms with Gasteiger partial charge in [-0.15, -0.1) is 11.3 Å². The van der Waals surface area contributed by atoms with Gasteiger partial charge in [0.2, 0.25) is 5.91 Å².